The van der Waals surface area contributed by atoms with Gasteiger partial charge in [0.25, 0.3) is 5.91 Å². The van der Waals surface area contributed by atoms with Crippen LogP contribution in [-0.4, -0.2) is 35.6 Å². The van der Waals surface area contributed by atoms with Crippen LogP contribution in [-0.2, 0) is 22.7 Å². The lowest BCUT2D eigenvalue weighted by atomic mass is 9.99. The third kappa shape index (κ3) is 3.36. The number of para-hydroxylation sites is 1. The third-order valence-electron chi connectivity index (χ3n) is 5.05. The van der Waals surface area contributed by atoms with Crippen LogP contribution < -0.4 is 5.32 Å². The predicted molar refractivity (Wildman–Crippen MR) is 106 cm³/mol. The van der Waals surface area contributed by atoms with E-state index < -0.39 is 0 Å². The van der Waals surface area contributed by atoms with Gasteiger partial charge >= 0.3 is 0 Å². The van der Waals surface area contributed by atoms with Crippen LogP contribution in [0.15, 0.2) is 42.5 Å². The standard InChI is InChI=1S/C22H24N2O3/c1-2-9-24(10-11-25)13-15-7-8-17-16(12-15)14-27-21(17)20-18-5-3-4-6-19(18)23-22(20)26/h3-8,12,25H,2,9-11,13-14H2,1H3,(H,23,26)/b21-20+. The Balaban J connectivity index is 1.65. The molecule has 0 aliphatic carbocycles. The lowest BCUT2D eigenvalue weighted by Crippen LogP contribution is -2.27. The molecular formula is C22H24N2O3. The van der Waals surface area contributed by atoms with Crippen LogP contribution in [0, 0.1) is 0 Å². The number of amides is 1. The number of carbonyl (C=O) groups excluding carboxylic acids is 1. The molecule has 0 spiro atoms. The molecule has 2 heterocycles. The van der Waals surface area contributed by atoms with Crippen molar-refractivity contribution in [3.8, 4) is 0 Å². The quantitative estimate of drug-likeness (QED) is 0.773. The van der Waals surface area contributed by atoms with E-state index in [4.69, 9.17) is 4.74 Å². The van der Waals surface area contributed by atoms with E-state index in [9.17, 15) is 9.90 Å². The van der Waals surface area contributed by atoms with E-state index in [1.54, 1.807) is 0 Å². The van der Waals surface area contributed by atoms with Crippen molar-refractivity contribution in [3.05, 3.63) is 64.7 Å². The summed E-state index contributed by atoms with van der Waals surface area (Å²) in [6, 6.07) is 14.0. The number of nitrogens with zero attached hydrogens (tertiary/aromatic N) is 1. The van der Waals surface area contributed by atoms with Crippen LogP contribution in [0.25, 0.3) is 11.3 Å². The summed E-state index contributed by atoms with van der Waals surface area (Å²) in [6.07, 6.45) is 1.05. The molecular weight excluding hydrogens is 340 g/mol. The third-order valence-corrected chi connectivity index (χ3v) is 5.05. The molecule has 0 unspecified atom stereocenters. The molecule has 0 atom stereocenters. The Morgan fingerprint density at radius 2 is 2.00 bits per heavy atom. The minimum atomic E-state index is -0.111. The largest absolute Gasteiger partial charge is 0.487 e. The molecule has 0 bridgehead atoms. The van der Waals surface area contributed by atoms with Crippen molar-refractivity contribution >= 4 is 22.9 Å². The second-order valence-electron chi connectivity index (χ2n) is 6.98. The van der Waals surface area contributed by atoms with Crippen LogP contribution in [0.3, 0.4) is 0 Å². The summed E-state index contributed by atoms with van der Waals surface area (Å²) in [7, 11) is 0. The van der Waals surface area contributed by atoms with E-state index >= 15 is 0 Å². The Labute approximate surface area is 159 Å². The Kier molecular flexibility index (Phi) is 4.97. The summed E-state index contributed by atoms with van der Waals surface area (Å²) in [4.78, 5) is 14.8. The molecule has 2 N–H and O–H groups in total. The number of aliphatic hydroxyl groups is 1. The van der Waals surface area contributed by atoms with Gasteiger partial charge in [-0.25, -0.2) is 0 Å². The summed E-state index contributed by atoms with van der Waals surface area (Å²) in [6.45, 7) is 5.22. The van der Waals surface area contributed by atoms with Crippen LogP contribution >= 0.6 is 0 Å². The molecule has 5 heteroatoms. The van der Waals surface area contributed by atoms with Crippen molar-refractivity contribution < 1.29 is 14.6 Å². The Morgan fingerprint density at radius 3 is 2.81 bits per heavy atom. The first-order valence-corrected chi connectivity index (χ1v) is 9.44. The average molecular weight is 364 g/mol. The number of hydrogen-bond acceptors (Lipinski definition) is 4. The van der Waals surface area contributed by atoms with Gasteiger partial charge in [0.2, 0.25) is 0 Å². The van der Waals surface area contributed by atoms with E-state index in [1.165, 1.54) is 5.56 Å². The second kappa shape index (κ2) is 7.55. The van der Waals surface area contributed by atoms with Crippen LogP contribution in [0.4, 0.5) is 5.69 Å². The summed E-state index contributed by atoms with van der Waals surface area (Å²) >= 11 is 0. The predicted octanol–water partition coefficient (Wildman–Crippen LogP) is 3.24. The van der Waals surface area contributed by atoms with E-state index in [0.29, 0.717) is 24.5 Å². The fourth-order valence-corrected chi connectivity index (χ4v) is 3.85. The number of fused-ring (bicyclic) bond motifs is 2. The number of ether oxygens (including phenoxy) is 1. The molecule has 0 saturated carbocycles. The van der Waals surface area contributed by atoms with Gasteiger partial charge in [0.05, 0.1) is 12.2 Å². The van der Waals surface area contributed by atoms with Gasteiger partial charge in [0.1, 0.15) is 12.4 Å². The molecule has 0 saturated heterocycles. The lowest BCUT2D eigenvalue weighted by Gasteiger charge is -2.20. The van der Waals surface area contributed by atoms with Gasteiger partial charge in [0.15, 0.2) is 0 Å². The highest BCUT2D eigenvalue weighted by Crippen LogP contribution is 2.41. The minimum absolute atomic E-state index is 0.111. The zero-order valence-electron chi connectivity index (χ0n) is 15.5. The van der Waals surface area contributed by atoms with Gasteiger partial charge in [-0.05, 0) is 24.6 Å². The molecule has 2 aromatic rings. The number of benzene rings is 2. The number of aliphatic hydroxyl groups excluding tert-OH is 1. The Hall–Kier alpha value is -2.63. The van der Waals surface area contributed by atoms with Crippen molar-refractivity contribution in [2.45, 2.75) is 26.5 Å². The second-order valence-corrected chi connectivity index (χ2v) is 6.98. The molecule has 2 aliphatic heterocycles. The fourth-order valence-electron chi connectivity index (χ4n) is 3.85. The topological polar surface area (TPSA) is 61.8 Å². The number of nitrogens with one attached hydrogen (secondary N) is 1. The van der Waals surface area contributed by atoms with Gasteiger partial charge in [-0.1, -0.05) is 43.3 Å². The first kappa shape index (κ1) is 17.8. The molecule has 1 amide bonds. The van der Waals surface area contributed by atoms with E-state index in [2.05, 4.69) is 35.3 Å². The maximum atomic E-state index is 12.5. The van der Waals surface area contributed by atoms with Gasteiger partial charge in [-0.2, -0.15) is 0 Å². The van der Waals surface area contributed by atoms with Gasteiger partial charge in [-0.3, -0.25) is 9.69 Å². The molecule has 0 fully saturated rings. The van der Waals surface area contributed by atoms with Crippen LogP contribution in [0.2, 0.25) is 0 Å². The normalized spacial score (nSPS) is 17.7. The van der Waals surface area contributed by atoms with Crippen molar-refractivity contribution in [2.75, 3.05) is 25.0 Å². The smallest absolute Gasteiger partial charge is 0.260 e. The molecule has 27 heavy (non-hydrogen) atoms. The molecule has 0 radical (unpaired) electrons. The van der Waals surface area contributed by atoms with Gasteiger partial charge in [0, 0.05) is 35.5 Å². The molecule has 140 valence electrons. The minimum Gasteiger partial charge on any atom is -0.487 e. The summed E-state index contributed by atoms with van der Waals surface area (Å²) in [5.41, 5.74) is 5.63. The highest BCUT2D eigenvalue weighted by atomic mass is 16.5. The van der Waals surface area contributed by atoms with Crippen molar-refractivity contribution in [2.24, 2.45) is 0 Å². The van der Waals surface area contributed by atoms with E-state index in [-0.39, 0.29) is 12.5 Å². The summed E-state index contributed by atoms with van der Waals surface area (Å²) in [5, 5.41) is 12.2. The molecule has 0 aromatic heterocycles. The number of hydrogen-bond donors (Lipinski definition) is 2. The number of carbonyl (C=O) groups is 1. The van der Waals surface area contributed by atoms with Crippen molar-refractivity contribution in [1.29, 1.82) is 0 Å². The highest BCUT2D eigenvalue weighted by Gasteiger charge is 2.32. The molecule has 2 aromatic carbocycles. The first-order chi connectivity index (χ1) is 13.2. The highest BCUT2D eigenvalue weighted by molar-refractivity contribution is 6.36. The first-order valence-electron chi connectivity index (χ1n) is 9.44. The van der Waals surface area contributed by atoms with Crippen LogP contribution in [0.5, 0.6) is 0 Å². The summed E-state index contributed by atoms with van der Waals surface area (Å²) in [5.74, 6) is 0.556. The maximum Gasteiger partial charge on any atom is 0.260 e. The van der Waals surface area contributed by atoms with Crippen molar-refractivity contribution in [3.63, 3.8) is 0 Å². The fraction of sp³-hybridized carbons (Fsp3) is 0.318. The maximum absolute atomic E-state index is 12.5. The number of rotatable bonds is 6. The zero-order valence-corrected chi connectivity index (χ0v) is 15.5. The van der Waals surface area contributed by atoms with E-state index in [1.807, 2.05) is 24.3 Å². The van der Waals surface area contributed by atoms with Gasteiger partial charge < -0.3 is 15.2 Å². The Morgan fingerprint density at radius 1 is 1.15 bits per heavy atom. The molecule has 5 nitrogen and oxygen atoms in total. The SMILES string of the molecule is CCCN(CCO)Cc1ccc2c(c1)CO/C2=C1/C(=O)Nc2ccccc21. The number of anilines is 1. The van der Waals surface area contributed by atoms with Gasteiger partial charge in [-0.15, -0.1) is 0 Å². The van der Waals surface area contributed by atoms with E-state index in [0.717, 1.165) is 41.9 Å². The van der Waals surface area contributed by atoms with Crippen molar-refractivity contribution in [1.82, 2.24) is 4.90 Å². The zero-order chi connectivity index (χ0) is 18.8. The average Bonchev–Trinajstić information content (AvgIpc) is 3.21. The lowest BCUT2D eigenvalue weighted by molar-refractivity contribution is -0.110. The molecule has 4 rings (SSSR count). The summed E-state index contributed by atoms with van der Waals surface area (Å²) < 4.78 is 5.95. The molecule has 2 aliphatic rings. The monoisotopic (exact) mass is 364 g/mol. The van der Waals surface area contributed by atoms with Crippen LogP contribution in [0.1, 0.15) is 35.6 Å². The Bertz CT molecular complexity index is 898.